The first-order valence-corrected chi connectivity index (χ1v) is 7.75. The van der Waals surface area contributed by atoms with E-state index in [9.17, 15) is 0 Å². The summed E-state index contributed by atoms with van der Waals surface area (Å²) < 4.78 is 0. The lowest BCUT2D eigenvalue weighted by molar-refractivity contribution is 0.288. The zero-order valence-electron chi connectivity index (χ0n) is 11.2. The lowest BCUT2D eigenvalue weighted by atomic mass is 10.0. The molecule has 1 heterocycles. The van der Waals surface area contributed by atoms with Crippen molar-refractivity contribution in [2.75, 3.05) is 6.61 Å². The molecule has 0 amide bonds. The molecule has 0 spiro atoms. The van der Waals surface area contributed by atoms with Crippen molar-refractivity contribution >= 4 is 22.1 Å². The molecule has 0 aliphatic rings. The Morgan fingerprint density at radius 3 is 2.80 bits per heavy atom. The van der Waals surface area contributed by atoms with Crippen molar-refractivity contribution in [2.45, 2.75) is 19.3 Å². The van der Waals surface area contributed by atoms with Gasteiger partial charge in [-0.1, -0.05) is 42.5 Å². The summed E-state index contributed by atoms with van der Waals surface area (Å²) in [6, 6.07) is 14.9. The number of thiazole rings is 1. The van der Waals surface area contributed by atoms with Gasteiger partial charge in [0, 0.05) is 18.4 Å². The first-order chi connectivity index (χ1) is 9.86. The monoisotopic (exact) mass is 283 g/mol. The third kappa shape index (κ3) is 2.89. The minimum absolute atomic E-state index is 0.232. The standard InChI is InChI=1S/C17H17NOS/c19-10-4-8-15-12-20-17(18-15)11-14-7-3-6-13-5-1-2-9-16(13)14/h1-3,5-7,9,12,19H,4,8,10-11H2. The highest BCUT2D eigenvalue weighted by Gasteiger charge is 2.06. The Morgan fingerprint density at radius 1 is 1.05 bits per heavy atom. The fourth-order valence-corrected chi connectivity index (χ4v) is 3.27. The summed E-state index contributed by atoms with van der Waals surface area (Å²) in [4.78, 5) is 4.66. The van der Waals surface area contributed by atoms with Gasteiger partial charge in [-0.2, -0.15) is 0 Å². The van der Waals surface area contributed by atoms with Gasteiger partial charge < -0.3 is 5.11 Å². The van der Waals surface area contributed by atoms with Crippen molar-refractivity contribution in [3.63, 3.8) is 0 Å². The van der Waals surface area contributed by atoms with Crippen LogP contribution in [0.25, 0.3) is 10.8 Å². The van der Waals surface area contributed by atoms with Gasteiger partial charge in [0.05, 0.1) is 10.7 Å². The molecule has 0 radical (unpaired) electrons. The van der Waals surface area contributed by atoms with E-state index in [1.165, 1.54) is 16.3 Å². The molecule has 3 aromatic rings. The van der Waals surface area contributed by atoms with E-state index in [0.29, 0.717) is 0 Å². The second kappa shape index (κ2) is 6.16. The predicted molar refractivity (Wildman–Crippen MR) is 84.3 cm³/mol. The molecule has 0 atom stereocenters. The van der Waals surface area contributed by atoms with Crippen LogP contribution in [0.3, 0.4) is 0 Å². The van der Waals surface area contributed by atoms with E-state index >= 15 is 0 Å². The van der Waals surface area contributed by atoms with Gasteiger partial charge in [-0.3, -0.25) is 0 Å². The molecule has 0 fully saturated rings. The summed E-state index contributed by atoms with van der Waals surface area (Å²) >= 11 is 1.71. The van der Waals surface area contributed by atoms with Crippen LogP contribution in [0.5, 0.6) is 0 Å². The summed E-state index contributed by atoms with van der Waals surface area (Å²) in [6.45, 7) is 0.232. The Morgan fingerprint density at radius 2 is 1.90 bits per heavy atom. The molecule has 2 aromatic carbocycles. The number of fused-ring (bicyclic) bond motifs is 1. The topological polar surface area (TPSA) is 33.1 Å². The number of aliphatic hydroxyl groups is 1. The van der Waals surface area contributed by atoms with Gasteiger partial charge in [-0.25, -0.2) is 4.98 Å². The molecule has 0 saturated heterocycles. The Hall–Kier alpha value is -1.71. The number of aliphatic hydroxyl groups excluding tert-OH is 1. The molecule has 2 nitrogen and oxygen atoms in total. The van der Waals surface area contributed by atoms with Crippen molar-refractivity contribution in [1.29, 1.82) is 0 Å². The predicted octanol–water partition coefficient (Wildman–Crippen LogP) is 3.81. The number of hydrogen-bond acceptors (Lipinski definition) is 3. The smallest absolute Gasteiger partial charge is 0.0972 e. The third-order valence-electron chi connectivity index (χ3n) is 3.41. The molecule has 1 N–H and O–H groups in total. The van der Waals surface area contributed by atoms with Crippen LogP contribution < -0.4 is 0 Å². The van der Waals surface area contributed by atoms with Crippen LogP contribution in [0, 0.1) is 0 Å². The number of nitrogens with zero attached hydrogens (tertiary/aromatic N) is 1. The summed E-state index contributed by atoms with van der Waals surface area (Å²) in [5, 5.41) is 14.7. The highest BCUT2D eigenvalue weighted by atomic mass is 32.1. The quantitative estimate of drug-likeness (QED) is 0.772. The van der Waals surface area contributed by atoms with Crippen LogP contribution in [-0.2, 0) is 12.8 Å². The van der Waals surface area contributed by atoms with E-state index in [0.717, 1.165) is 30.0 Å². The number of hydrogen-bond donors (Lipinski definition) is 1. The van der Waals surface area contributed by atoms with Crippen molar-refractivity contribution in [3.05, 3.63) is 64.1 Å². The molecule has 0 aliphatic carbocycles. The Bertz CT molecular complexity index is 700. The van der Waals surface area contributed by atoms with Crippen LogP contribution in [-0.4, -0.2) is 16.7 Å². The van der Waals surface area contributed by atoms with E-state index in [-0.39, 0.29) is 6.61 Å². The lowest BCUT2D eigenvalue weighted by Gasteiger charge is -2.04. The maximum absolute atomic E-state index is 8.86. The number of rotatable bonds is 5. The van der Waals surface area contributed by atoms with Crippen LogP contribution in [0.1, 0.15) is 22.7 Å². The third-order valence-corrected chi connectivity index (χ3v) is 4.31. The van der Waals surface area contributed by atoms with E-state index in [1.54, 1.807) is 11.3 Å². The molecule has 20 heavy (non-hydrogen) atoms. The summed E-state index contributed by atoms with van der Waals surface area (Å²) in [7, 11) is 0. The average Bonchev–Trinajstić information content (AvgIpc) is 2.93. The van der Waals surface area contributed by atoms with Crippen molar-refractivity contribution < 1.29 is 5.11 Å². The molecule has 102 valence electrons. The first kappa shape index (κ1) is 13.3. The van der Waals surface area contributed by atoms with Crippen LogP contribution >= 0.6 is 11.3 Å². The largest absolute Gasteiger partial charge is 0.396 e. The Kier molecular flexibility index (Phi) is 4.09. The van der Waals surface area contributed by atoms with Crippen LogP contribution in [0.15, 0.2) is 47.8 Å². The molecule has 3 rings (SSSR count). The maximum Gasteiger partial charge on any atom is 0.0972 e. The SMILES string of the molecule is OCCCc1csc(Cc2cccc3ccccc23)n1. The molecule has 3 heteroatoms. The molecule has 1 aromatic heterocycles. The summed E-state index contributed by atoms with van der Waals surface area (Å²) in [6.07, 6.45) is 2.53. The summed E-state index contributed by atoms with van der Waals surface area (Å²) in [5.74, 6) is 0. The molecule has 0 bridgehead atoms. The minimum atomic E-state index is 0.232. The van der Waals surface area contributed by atoms with Gasteiger partial charge in [0.2, 0.25) is 0 Å². The highest BCUT2D eigenvalue weighted by Crippen LogP contribution is 2.23. The highest BCUT2D eigenvalue weighted by molar-refractivity contribution is 7.09. The molecular weight excluding hydrogens is 266 g/mol. The van der Waals surface area contributed by atoms with Crippen molar-refractivity contribution in [3.8, 4) is 0 Å². The van der Waals surface area contributed by atoms with Gasteiger partial charge in [-0.15, -0.1) is 11.3 Å². The Labute approximate surface area is 122 Å². The van der Waals surface area contributed by atoms with E-state index < -0.39 is 0 Å². The second-order valence-electron chi connectivity index (χ2n) is 4.87. The average molecular weight is 283 g/mol. The van der Waals surface area contributed by atoms with Crippen LogP contribution in [0.2, 0.25) is 0 Å². The summed E-state index contributed by atoms with van der Waals surface area (Å²) in [5.41, 5.74) is 2.42. The van der Waals surface area contributed by atoms with Crippen LogP contribution in [0.4, 0.5) is 0 Å². The van der Waals surface area contributed by atoms with E-state index in [1.807, 2.05) is 0 Å². The molecule has 0 unspecified atom stereocenters. The van der Waals surface area contributed by atoms with Gasteiger partial charge in [-0.05, 0) is 29.2 Å². The van der Waals surface area contributed by atoms with E-state index in [2.05, 4.69) is 52.8 Å². The Balaban J connectivity index is 1.84. The number of aryl methyl sites for hydroxylation is 1. The van der Waals surface area contributed by atoms with Gasteiger partial charge in [0.25, 0.3) is 0 Å². The number of aromatic nitrogens is 1. The van der Waals surface area contributed by atoms with Crippen molar-refractivity contribution in [1.82, 2.24) is 4.98 Å². The number of benzene rings is 2. The fourth-order valence-electron chi connectivity index (χ4n) is 2.41. The zero-order valence-corrected chi connectivity index (χ0v) is 12.1. The molecule has 0 saturated carbocycles. The first-order valence-electron chi connectivity index (χ1n) is 6.87. The normalized spacial score (nSPS) is 11.1. The molecular formula is C17H17NOS. The van der Waals surface area contributed by atoms with Gasteiger partial charge in [0.1, 0.15) is 0 Å². The lowest BCUT2D eigenvalue weighted by Crippen LogP contribution is -1.92. The minimum Gasteiger partial charge on any atom is -0.396 e. The van der Waals surface area contributed by atoms with Gasteiger partial charge >= 0.3 is 0 Å². The molecule has 0 aliphatic heterocycles. The maximum atomic E-state index is 8.86. The second-order valence-corrected chi connectivity index (χ2v) is 5.82. The fraction of sp³-hybridized carbons (Fsp3) is 0.235. The van der Waals surface area contributed by atoms with Gasteiger partial charge in [0.15, 0.2) is 0 Å². The van der Waals surface area contributed by atoms with Crippen molar-refractivity contribution in [2.24, 2.45) is 0 Å². The zero-order chi connectivity index (χ0) is 13.8. The van der Waals surface area contributed by atoms with E-state index in [4.69, 9.17) is 5.11 Å².